The summed E-state index contributed by atoms with van der Waals surface area (Å²) in [6.45, 7) is 8.26. The summed E-state index contributed by atoms with van der Waals surface area (Å²) in [6, 6.07) is 0. The van der Waals surface area contributed by atoms with Gasteiger partial charge in [-0.15, -0.1) is 23.5 Å². The molecule has 21 heavy (non-hydrogen) atoms. The van der Waals surface area contributed by atoms with Gasteiger partial charge in [0.2, 0.25) is 0 Å². The molecule has 0 unspecified atom stereocenters. The molecule has 0 aromatic heterocycles. The van der Waals surface area contributed by atoms with E-state index in [1.54, 1.807) is 23.5 Å². The molecule has 3 rings (SSSR count). The topological polar surface area (TPSA) is 46.2 Å². The quantitative estimate of drug-likeness (QED) is 0.734. The van der Waals surface area contributed by atoms with E-state index in [4.69, 9.17) is 23.7 Å². The lowest BCUT2D eigenvalue weighted by molar-refractivity contribution is -0.201. The molecule has 0 aromatic carbocycles. The van der Waals surface area contributed by atoms with Crippen molar-refractivity contribution in [1.29, 1.82) is 0 Å². The van der Waals surface area contributed by atoms with Gasteiger partial charge < -0.3 is 23.7 Å². The molecule has 3 aliphatic heterocycles. The second-order valence-corrected chi connectivity index (χ2v) is 8.77. The predicted molar refractivity (Wildman–Crippen MR) is 83.4 cm³/mol. The zero-order chi connectivity index (χ0) is 15.5. The summed E-state index contributed by atoms with van der Waals surface area (Å²) in [5, 5.41) is 0. The predicted octanol–water partition coefficient (Wildman–Crippen LogP) is 2.44. The second-order valence-electron chi connectivity index (χ2n) is 6.48. The molecular weight excluding hydrogens is 312 g/mol. The number of thioether (sulfide) groups is 2. The highest BCUT2D eigenvalue weighted by atomic mass is 32.2. The Morgan fingerprint density at radius 3 is 2.00 bits per heavy atom. The fourth-order valence-corrected chi connectivity index (χ4v) is 5.11. The molecular formula is C14H24O5S2. The third-order valence-electron chi connectivity index (χ3n) is 4.07. The molecule has 3 saturated heterocycles. The highest BCUT2D eigenvalue weighted by molar-refractivity contribution is 8.17. The Kier molecular flexibility index (Phi) is 4.10. The summed E-state index contributed by atoms with van der Waals surface area (Å²) < 4.78 is 29.8. The van der Waals surface area contributed by atoms with E-state index >= 15 is 0 Å². The Balaban J connectivity index is 1.86. The monoisotopic (exact) mass is 336 g/mol. The van der Waals surface area contributed by atoms with Gasteiger partial charge in [-0.2, -0.15) is 0 Å². The highest BCUT2D eigenvalue weighted by Crippen LogP contribution is 2.54. The second kappa shape index (κ2) is 5.26. The largest absolute Gasteiger partial charge is 0.348 e. The molecule has 4 atom stereocenters. The van der Waals surface area contributed by atoms with Crippen LogP contribution in [0, 0.1) is 0 Å². The maximum Gasteiger partial charge on any atom is 0.189 e. The minimum atomic E-state index is -0.594. The first-order valence-corrected chi connectivity index (χ1v) is 9.62. The van der Waals surface area contributed by atoms with Gasteiger partial charge in [0.05, 0.1) is 6.61 Å². The van der Waals surface area contributed by atoms with Gasteiger partial charge in [0.1, 0.15) is 24.4 Å². The third kappa shape index (κ3) is 2.75. The van der Waals surface area contributed by atoms with Crippen LogP contribution < -0.4 is 0 Å². The SMILES string of the molecule is CSC1(SC)O[C@H]([C@H]2COC(C)(C)O2)[C@@H]2OC(C)(C)O[C@@H]21. The van der Waals surface area contributed by atoms with E-state index in [2.05, 4.69) is 0 Å². The highest BCUT2D eigenvalue weighted by Gasteiger charge is 2.65. The summed E-state index contributed by atoms with van der Waals surface area (Å²) >= 11 is 3.32. The molecule has 0 radical (unpaired) electrons. The molecule has 0 spiro atoms. The van der Waals surface area contributed by atoms with Crippen molar-refractivity contribution in [2.24, 2.45) is 0 Å². The van der Waals surface area contributed by atoms with Crippen molar-refractivity contribution in [3.63, 3.8) is 0 Å². The molecule has 5 nitrogen and oxygen atoms in total. The smallest absolute Gasteiger partial charge is 0.189 e. The van der Waals surface area contributed by atoms with Gasteiger partial charge in [0.25, 0.3) is 0 Å². The lowest BCUT2D eigenvalue weighted by Gasteiger charge is -2.32. The van der Waals surface area contributed by atoms with E-state index in [0.717, 1.165) is 0 Å². The summed E-state index contributed by atoms with van der Waals surface area (Å²) in [5.41, 5.74) is 0. The molecule has 0 aromatic rings. The lowest BCUT2D eigenvalue weighted by atomic mass is 10.1. The number of rotatable bonds is 3. The van der Waals surface area contributed by atoms with Gasteiger partial charge in [0, 0.05) is 0 Å². The molecule has 0 N–H and O–H groups in total. The minimum Gasteiger partial charge on any atom is -0.348 e. The Labute approximate surface area is 134 Å². The fraction of sp³-hybridized carbons (Fsp3) is 1.00. The van der Waals surface area contributed by atoms with Crippen molar-refractivity contribution in [2.45, 2.75) is 68.0 Å². The molecule has 0 saturated carbocycles. The van der Waals surface area contributed by atoms with Crippen LogP contribution in [0.5, 0.6) is 0 Å². The molecule has 3 fully saturated rings. The fourth-order valence-electron chi connectivity index (χ4n) is 3.20. The van der Waals surface area contributed by atoms with Crippen molar-refractivity contribution in [3.05, 3.63) is 0 Å². The van der Waals surface area contributed by atoms with Gasteiger partial charge in [-0.3, -0.25) is 0 Å². The Morgan fingerprint density at radius 2 is 1.48 bits per heavy atom. The van der Waals surface area contributed by atoms with Crippen LogP contribution in [0.15, 0.2) is 0 Å². The molecule has 7 heteroatoms. The standard InChI is InChI=1S/C14H24O5S2/c1-12(2)15-7-8(16-12)9-10-11(19-13(3,4)17-10)14(18-9,20-5)21-6/h8-11H,7H2,1-6H3/t8-,9-,10+,11+/m1/s1. The van der Waals surface area contributed by atoms with Crippen molar-refractivity contribution in [3.8, 4) is 0 Å². The van der Waals surface area contributed by atoms with Gasteiger partial charge in [-0.05, 0) is 40.2 Å². The van der Waals surface area contributed by atoms with Crippen molar-refractivity contribution < 1.29 is 23.7 Å². The summed E-state index contributed by atoms with van der Waals surface area (Å²) in [6.07, 6.45) is 3.52. The van der Waals surface area contributed by atoms with Crippen LogP contribution in [-0.4, -0.2) is 59.4 Å². The molecule has 0 amide bonds. The average Bonchev–Trinajstić information content (AvgIpc) is 2.99. The molecule has 3 aliphatic rings. The zero-order valence-corrected chi connectivity index (χ0v) is 15.0. The van der Waals surface area contributed by atoms with Crippen LogP contribution in [0.1, 0.15) is 27.7 Å². The first kappa shape index (κ1) is 16.4. The van der Waals surface area contributed by atoms with Crippen LogP contribution in [0.25, 0.3) is 0 Å². The molecule has 0 bridgehead atoms. The normalized spacial score (nSPS) is 43.1. The first-order valence-electron chi connectivity index (χ1n) is 7.17. The number of hydrogen-bond acceptors (Lipinski definition) is 7. The van der Waals surface area contributed by atoms with E-state index in [0.29, 0.717) is 6.61 Å². The van der Waals surface area contributed by atoms with Crippen LogP contribution >= 0.6 is 23.5 Å². The van der Waals surface area contributed by atoms with Crippen molar-refractivity contribution in [1.82, 2.24) is 0 Å². The Morgan fingerprint density at radius 1 is 0.810 bits per heavy atom. The molecule has 122 valence electrons. The molecule has 3 heterocycles. The zero-order valence-electron chi connectivity index (χ0n) is 13.4. The number of ether oxygens (including phenoxy) is 5. The van der Waals surface area contributed by atoms with E-state index in [1.165, 1.54) is 0 Å². The first-order chi connectivity index (χ1) is 9.72. The van der Waals surface area contributed by atoms with E-state index in [-0.39, 0.29) is 24.4 Å². The maximum atomic E-state index is 6.36. The van der Waals surface area contributed by atoms with E-state index in [9.17, 15) is 0 Å². The van der Waals surface area contributed by atoms with E-state index < -0.39 is 15.8 Å². The summed E-state index contributed by atoms with van der Waals surface area (Å²) in [5.74, 6) is -1.16. The summed E-state index contributed by atoms with van der Waals surface area (Å²) in [4.78, 5) is 0. The van der Waals surface area contributed by atoms with Crippen molar-refractivity contribution in [2.75, 3.05) is 19.1 Å². The van der Waals surface area contributed by atoms with Gasteiger partial charge in [0.15, 0.2) is 15.8 Å². The minimum absolute atomic E-state index is 0.116. The van der Waals surface area contributed by atoms with Crippen LogP contribution in [0.4, 0.5) is 0 Å². The van der Waals surface area contributed by atoms with Gasteiger partial charge in [-0.25, -0.2) is 0 Å². The van der Waals surface area contributed by atoms with Gasteiger partial charge in [-0.1, -0.05) is 0 Å². The van der Waals surface area contributed by atoms with E-state index in [1.807, 2.05) is 40.2 Å². The van der Waals surface area contributed by atoms with Gasteiger partial charge >= 0.3 is 0 Å². The summed E-state index contributed by atoms with van der Waals surface area (Å²) in [7, 11) is 0. The Bertz CT molecular complexity index is 410. The lowest BCUT2D eigenvalue weighted by Crippen LogP contribution is -2.40. The maximum absolute atomic E-state index is 6.36. The molecule has 0 aliphatic carbocycles. The number of fused-ring (bicyclic) bond motifs is 1. The van der Waals surface area contributed by atoms with Crippen LogP contribution in [-0.2, 0) is 23.7 Å². The van der Waals surface area contributed by atoms with Crippen LogP contribution in [0.3, 0.4) is 0 Å². The average molecular weight is 336 g/mol. The number of hydrogen-bond donors (Lipinski definition) is 0. The van der Waals surface area contributed by atoms with Crippen molar-refractivity contribution >= 4 is 23.5 Å². The van der Waals surface area contributed by atoms with Crippen LogP contribution in [0.2, 0.25) is 0 Å². The third-order valence-corrected chi connectivity index (χ3v) is 6.86. The Hall–Kier alpha value is 0.500.